The van der Waals surface area contributed by atoms with Crippen LogP contribution in [0.25, 0.3) is 11.0 Å². The van der Waals surface area contributed by atoms with Crippen LogP contribution in [0.5, 0.6) is 0 Å². The third-order valence-corrected chi connectivity index (χ3v) is 2.86. The van der Waals surface area contributed by atoms with Gasteiger partial charge in [0, 0.05) is 18.6 Å². The van der Waals surface area contributed by atoms with Crippen LogP contribution in [0.3, 0.4) is 0 Å². The lowest BCUT2D eigenvalue weighted by atomic mass is 10.1. The summed E-state index contributed by atoms with van der Waals surface area (Å²) in [5.74, 6) is -0.195. The molecule has 1 aromatic carbocycles. The second-order valence-electron chi connectivity index (χ2n) is 4.20. The number of para-hydroxylation sites is 1. The zero-order valence-corrected chi connectivity index (χ0v) is 11.7. The summed E-state index contributed by atoms with van der Waals surface area (Å²) >= 11 is 0. The Kier molecular flexibility index (Phi) is 5.15. The lowest BCUT2D eigenvalue weighted by Gasteiger charge is -2.17. The third-order valence-electron chi connectivity index (χ3n) is 2.86. The van der Waals surface area contributed by atoms with E-state index in [-0.39, 0.29) is 5.91 Å². The van der Waals surface area contributed by atoms with Crippen molar-refractivity contribution in [1.82, 2.24) is 5.32 Å². The molecular formula is C15H19NO4. The van der Waals surface area contributed by atoms with Crippen molar-refractivity contribution in [2.75, 3.05) is 19.8 Å². The van der Waals surface area contributed by atoms with Crippen molar-refractivity contribution in [3.8, 4) is 0 Å². The Labute approximate surface area is 117 Å². The summed E-state index contributed by atoms with van der Waals surface area (Å²) in [5.41, 5.74) is 1.22. The van der Waals surface area contributed by atoms with E-state index in [1.54, 1.807) is 0 Å². The Morgan fingerprint density at radius 3 is 2.65 bits per heavy atom. The van der Waals surface area contributed by atoms with E-state index in [1.165, 1.54) is 6.26 Å². The zero-order valence-electron chi connectivity index (χ0n) is 11.7. The first kappa shape index (κ1) is 14.6. The largest absolute Gasteiger partial charge is 0.463 e. The maximum absolute atomic E-state index is 12.2. The maximum atomic E-state index is 12.2. The van der Waals surface area contributed by atoms with Gasteiger partial charge in [-0.2, -0.15) is 0 Å². The summed E-state index contributed by atoms with van der Waals surface area (Å²) < 4.78 is 16.1. The molecule has 1 heterocycles. The van der Waals surface area contributed by atoms with Crippen LogP contribution in [0.15, 0.2) is 34.9 Å². The third kappa shape index (κ3) is 3.37. The van der Waals surface area contributed by atoms with Crippen molar-refractivity contribution in [2.24, 2.45) is 0 Å². The second-order valence-corrected chi connectivity index (χ2v) is 4.20. The molecule has 0 atom stereocenters. The number of fused-ring (bicyclic) bond motifs is 1. The van der Waals surface area contributed by atoms with E-state index in [0.29, 0.717) is 30.9 Å². The molecule has 5 nitrogen and oxygen atoms in total. The van der Waals surface area contributed by atoms with Gasteiger partial charge in [-0.3, -0.25) is 4.79 Å². The first-order chi connectivity index (χ1) is 9.76. The summed E-state index contributed by atoms with van der Waals surface area (Å²) in [6, 6.07) is 7.43. The average Bonchev–Trinajstić information content (AvgIpc) is 2.89. The standard InChI is InChI=1S/C15H19NO4/c1-3-18-14(19-4-2)9-16-15(17)12-10-20-13-8-6-5-7-11(12)13/h5-8,10,14H,3-4,9H2,1-2H3,(H,16,17). The van der Waals surface area contributed by atoms with E-state index in [9.17, 15) is 4.79 Å². The first-order valence-corrected chi connectivity index (χ1v) is 6.73. The van der Waals surface area contributed by atoms with E-state index in [4.69, 9.17) is 13.9 Å². The van der Waals surface area contributed by atoms with Crippen LogP contribution in [0, 0.1) is 0 Å². The number of furan rings is 1. The molecule has 1 amide bonds. The number of amides is 1. The molecule has 0 unspecified atom stereocenters. The van der Waals surface area contributed by atoms with Crippen LogP contribution < -0.4 is 5.32 Å². The van der Waals surface area contributed by atoms with Crippen molar-refractivity contribution >= 4 is 16.9 Å². The lowest BCUT2D eigenvalue weighted by Crippen LogP contribution is -2.35. The van der Waals surface area contributed by atoms with Crippen LogP contribution in [-0.2, 0) is 9.47 Å². The van der Waals surface area contributed by atoms with Gasteiger partial charge in [-0.1, -0.05) is 18.2 Å². The van der Waals surface area contributed by atoms with Gasteiger partial charge in [0.1, 0.15) is 11.8 Å². The Balaban J connectivity index is 2.01. The highest BCUT2D eigenvalue weighted by molar-refractivity contribution is 6.05. The van der Waals surface area contributed by atoms with Gasteiger partial charge >= 0.3 is 0 Å². The first-order valence-electron chi connectivity index (χ1n) is 6.73. The zero-order chi connectivity index (χ0) is 14.4. The Morgan fingerprint density at radius 1 is 1.25 bits per heavy atom. The van der Waals surface area contributed by atoms with Gasteiger partial charge in [0.05, 0.1) is 12.1 Å². The van der Waals surface area contributed by atoms with Crippen LogP contribution in [-0.4, -0.2) is 32.0 Å². The Bertz CT molecular complexity index is 558. The van der Waals surface area contributed by atoms with Crippen molar-refractivity contribution in [3.05, 3.63) is 36.1 Å². The highest BCUT2D eigenvalue weighted by Crippen LogP contribution is 2.20. The molecule has 2 aromatic rings. The smallest absolute Gasteiger partial charge is 0.255 e. The summed E-state index contributed by atoms with van der Waals surface area (Å²) in [7, 11) is 0. The molecule has 0 aliphatic rings. The molecule has 1 aromatic heterocycles. The van der Waals surface area contributed by atoms with Crippen LogP contribution in [0.4, 0.5) is 0 Å². The quantitative estimate of drug-likeness (QED) is 0.790. The van der Waals surface area contributed by atoms with E-state index < -0.39 is 6.29 Å². The fourth-order valence-electron chi connectivity index (χ4n) is 1.96. The highest BCUT2D eigenvalue weighted by Gasteiger charge is 2.15. The summed E-state index contributed by atoms with van der Waals surface area (Å²) in [6.45, 7) is 5.15. The number of rotatable bonds is 7. The molecule has 0 fully saturated rings. The van der Waals surface area contributed by atoms with E-state index in [2.05, 4.69) is 5.32 Å². The fraction of sp³-hybridized carbons (Fsp3) is 0.400. The second kappa shape index (κ2) is 7.07. The molecule has 0 aliphatic heterocycles. The molecule has 0 radical (unpaired) electrons. The minimum atomic E-state index is -0.424. The topological polar surface area (TPSA) is 60.7 Å². The van der Waals surface area contributed by atoms with Crippen molar-refractivity contribution in [3.63, 3.8) is 0 Å². The van der Waals surface area contributed by atoms with Gasteiger partial charge in [-0.15, -0.1) is 0 Å². The van der Waals surface area contributed by atoms with Crippen LogP contribution in [0.1, 0.15) is 24.2 Å². The number of ether oxygens (including phenoxy) is 2. The van der Waals surface area contributed by atoms with Gasteiger partial charge in [-0.05, 0) is 19.9 Å². The van der Waals surface area contributed by atoms with Crippen LogP contribution >= 0.6 is 0 Å². The van der Waals surface area contributed by atoms with Gasteiger partial charge < -0.3 is 19.2 Å². The molecule has 0 spiro atoms. The number of carbonyl (C=O) groups excluding carboxylic acids is 1. The molecule has 1 N–H and O–H groups in total. The summed E-state index contributed by atoms with van der Waals surface area (Å²) in [6.07, 6.45) is 1.04. The fourth-order valence-corrected chi connectivity index (χ4v) is 1.96. The number of carbonyl (C=O) groups is 1. The molecule has 0 saturated heterocycles. The number of hydrogen-bond acceptors (Lipinski definition) is 4. The minimum absolute atomic E-state index is 0.195. The van der Waals surface area contributed by atoms with Crippen molar-refractivity contribution < 1.29 is 18.7 Å². The minimum Gasteiger partial charge on any atom is -0.463 e. The molecule has 0 aliphatic carbocycles. The van der Waals surface area contributed by atoms with E-state index in [1.807, 2.05) is 38.1 Å². The average molecular weight is 277 g/mol. The number of hydrogen-bond donors (Lipinski definition) is 1. The Morgan fingerprint density at radius 2 is 1.95 bits per heavy atom. The van der Waals surface area contributed by atoms with Gasteiger partial charge in [0.15, 0.2) is 6.29 Å². The lowest BCUT2D eigenvalue weighted by molar-refractivity contribution is -0.131. The van der Waals surface area contributed by atoms with Gasteiger partial charge in [-0.25, -0.2) is 0 Å². The number of benzene rings is 1. The predicted octanol–water partition coefficient (Wildman–Crippen LogP) is 2.56. The highest BCUT2D eigenvalue weighted by atomic mass is 16.7. The molecular weight excluding hydrogens is 258 g/mol. The molecule has 2 rings (SSSR count). The normalized spacial score (nSPS) is 11.2. The SMILES string of the molecule is CCOC(CNC(=O)c1coc2ccccc12)OCC. The van der Waals surface area contributed by atoms with E-state index >= 15 is 0 Å². The van der Waals surface area contributed by atoms with E-state index in [0.717, 1.165) is 5.39 Å². The maximum Gasteiger partial charge on any atom is 0.255 e. The summed E-state index contributed by atoms with van der Waals surface area (Å²) in [4.78, 5) is 12.2. The van der Waals surface area contributed by atoms with Gasteiger partial charge in [0.2, 0.25) is 0 Å². The van der Waals surface area contributed by atoms with Crippen molar-refractivity contribution in [1.29, 1.82) is 0 Å². The summed E-state index contributed by atoms with van der Waals surface area (Å²) in [5, 5.41) is 3.60. The molecule has 108 valence electrons. The Hall–Kier alpha value is -1.85. The predicted molar refractivity (Wildman–Crippen MR) is 75.6 cm³/mol. The molecule has 0 bridgehead atoms. The monoisotopic (exact) mass is 277 g/mol. The number of nitrogens with one attached hydrogen (secondary N) is 1. The van der Waals surface area contributed by atoms with Crippen molar-refractivity contribution in [2.45, 2.75) is 20.1 Å². The van der Waals surface area contributed by atoms with Gasteiger partial charge in [0.25, 0.3) is 5.91 Å². The molecule has 20 heavy (non-hydrogen) atoms. The van der Waals surface area contributed by atoms with Crippen LogP contribution in [0.2, 0.25) is 0 Å². The molecule has 0 saturated carbocycles. The molecule has 5 heteroatoms.